The number of fused-ring (bicyclic) bond motifs is 1. The second-order valence-electron chi connectivity index (χ2n) is 8.84. The minimum atomic E-state index is -1.68. The summed E-state index contributed by atoms with van der Waals surface area (Å²) in [6, 6.07) is 0. The Morgan fingerprint density at radius 1 is 0.879 bits per heavy atom. The monoisotopic (exact) mass is 471 g/mol. The van der Waals surface area contributed by atoms with E-state index < -0.39 is 41.8 Å². The first-order chi connectivity index (χ1) is 15.9. The molecule has 0 N–H and O–H groups in total. The maximum atomic E-state index is 13.1. The zero-order chi connectivity index (χ0) is 24.3. The van der Waals surface area contributed by atoms with E-state index in [2.05, 4.69) is 6.92 Å². The number of hydroxylamine groups is 2. The van der Waals surface area contributed by atoms with Crippen LogP contribution in [0.4, 0.5) is 0 Å². The molecule has 0 aliphatic carbocycles. The first-order valence-corrected chi connectivity index (χ1v) is 12.5. The standard InChI is InChI=1S/C24H41NO8/c1-5-7-8-9-10-11-12-13-14-15-16-20-22(32-19(4)27)24(23(28)29-6-2)21(31-18(3)26)17-30-25(24)33-20/h20-22H,5-17H2,1-4H3/t20-,21+,22-,24-/m1/s1. The average Bonchev–Trinajstić information content (AvgIpc) is 3.25. The van der Waals surface area contributed by atoms with Crippen molar-refractivity contribution in [1.82, 2.24) is 5.23 Å². The first-order valence-electron chi connectivity index (χ1n) is 12.5. The van der Waals surface area contributed by atoms with Crippen molar-refractivity contribution < 1.29 is 38.3 Å². The topological polar surface area (TPSA) is 101 Å². The van der Waals surface area contributed by atoms with Gasteiger partial charge in [0, 0.05) is 13.8 Å². The molecule has 9 nitrogen and oxygen atoms in total. The Morgan fingerprint density at radius 2 is 1.45 bits per heavy atom. The van der Waals surface area contributed by atoms with E-state index in [-0.39, 0.29) is 13.2 Å². The molecule has 0 radical (unpaired) electrons. The summed E-state index contributed by atoms with van der Waals surface area (Å²) in [4.78, 5) is 48.2. The molecule has 2 saturated heterocycles. The van der Waals surface area contributed by atoms with Crippen LogP contribution >= 0.6 is 0 Å². The van der Waals surface area contributed by atoms with Gasteiger partial charge in [-0.05, 0) is 18.6 Å². The van der Waals surface area contributed by atoms with Gasteiger partial charge in [0.2, 0.25) is 5.54 Å². The fraction of sp³-hybridized carbons (Fsp3) is 0.875. The molecule has 0 spiro atoms. The molecule has 2 fully saturated rings. The van der Waals surface area contributed by atoms with E-state index in [1.807, 2.05) is 0 Å². The van der Waals surface area contributed by atoms with Crippen LogP contribution in [-0.2, 0) is 38.3 Å². The number of carbonyl (C=O) groups excluding carboxylic acids is 3. The first kappa shape index (κ1) is 27.5. The third-order valence-electron chi connectivity index (χ3n) is 6.18. The molecule has 2 aliphatic heterocycles. The van der Waals surface area contributed by atoms with Gasteiger partial charge < -0.3 is 14.2 Å². The number of nitrogens with zero attached hydrogens (tertiary/aromatic N) is 1. The molecule has 9 heteroatoms. The Kier molecular flexibility index (Phi) is 11.6. The number of rotatable bonds is 15. The van der Waals surface area contributed by atoms with Gasteiger partial charge in [0.1, 0.15) is 12.7 Å². The fourth-order valence-corrected chi connectivity index (χ4v) is 4.63. The molecule has 0 aromatic heterocycles. The van der Waals surface area contributed by atoms with Gasteiger partial charge >= 0.3 is 17.9 Å². The molecule has 4 atom stereocenters. The minimum absolute atomic E-state index is 0.0961. The smallest absolute Gasteiger partial charge is 0.339 e. The lowest BCUT2D eigenvalue weighted by Gasteiger charge is -2.33. The van der Waals surface area contributed by atoms with Gasteiger partial charge in [-0.2, -0.15) is 0 Å². The largest absolute Gasteiger partial charge is 0.464 e. The summed E-state index contributed by atoms with van der Waals surface area (Å²) < 4.78 is 16.3. The summed E-state index contributed by atoms with van der Waals surface area (Å²) in [5, 5.41) is 1.03. The summed E-state index contributed by atoms with van der Waals surface area (Å²) in [6.07, 6.45) is 9.86. The van der Waals surface area contributed by atoms with E-state index in [0.717, 1.165) is 24.5 Å². The lowest BCUT2D eigenvalue weighted by molar-refractivity contribution is -0.356. The van der Waals surface area contributed by atoms with Crippen LogP contribution < -0.4 is 0 Å². The summed E-state index contributed by atoms with van der Waals surface area (Å²) in [5.41, 5.74) is -1.68. The van der Waals surface area contributed by atoms with Crippen molar-refractivity contribution in [3.05, 3.63) is 0 Å². The Labute approximate surface area is 197 Å². The Bertz CT molecular complexity index is 642. The molecule has 190 valence electrons. The maximum Gasteiger partial charge on any atom is 0.339 e. The number of carbonyl (C=O) groups is 3. The molecular formula is C24H41NO8. The second-order valence-corrected chi connectivity index (χ2v) is 8.84. The zero-order valence-corrected chi connectivity index (χ0v) is 20.6. The summed E-state index contributed by atoms with van der Waals surface area (Å²) in [5.74, 6) is -1.84. The van der Waals surface area contributed by atoms with Crippen LogP contribution in [-0.4, -0.2) is 60.2 Å². The number of ether oxygens (including phenoxy) is 3. The quantitative estimate of drug-likeness (QED) is 0.199. The van der Waals surface area contributed by atoms with E-state index in [0.29, 0.717) is 6.42 Å². The van der Waals surface area contributed by atoms with Crippen molar-refractivity contribution in [3.8, 4) is 0 Å². The highest BCUT2D eigenvalue weighted by atomic mass is 17.0. The number of unbranched alkanes of at least 4 members (excludes halogenated alkanes) is 9. The van der Waals surface area contributed by atoms with Crippen molar-refractivity contribution in [2.45, 2.75) is 122 Å². The van der Waals surface area contributed by atoms with Crippen molar-refractivity contribution >= 4 is 17.9 Å². The van der Waals surface area contributed by atoms with E-state index in [1.165, 1.54) is 58.8 Å². The number of hydrogen-bond acceptors (Lipinski definition) is 9. The van der Waals surface area contributed by atoms with Gasteiger partial charge in [0.15, 0.2) is 12.2 Å². The van der Waals surface area contributed by atoms with Crippen molar-refractivity contribution in [2.24, 2.45) is 0 Å². The molecular weight excluding hydrogens is 430 g/mol. The van der Waals surface area contributed by atoms with Crippen LogP contribution in [0.1, 0.15) is 98.3 Å². The molecule has 0 aromatic carbocycles. The third-order valence-corrected chi connectivity index (χ3v) is 6.18. The van der Waals surface area contributed by atoms with E-state index in [9.17, 15) is 14.4 Å². The Morgan fingerprint density at radius 3 is 2.00 bits per heavy atom. The van der Waals surface area contributed by atoms with E-state index in [1.54, 1.807) is 6.92 Å². The zero-order valence-electron chi connectivity index (χ0n) is 20.6. The second kappa shape index (κ2) is 13.9. The number of esters is 3. The van der Waals surface area contributed by atoms with Crippen LogP contribution in [0.2, 0.25) is 0 Å². The molecule has 0 unspecified atom stereocenters. The molecule has 0 aromatic rings. The molecule has 2 aliphatic rings. The van der Waals surface area contributed by atoms with Gasteiger partial charge in [-0.1, -0.05) is 71.1 Å². The van der Waals surface area contributed by atoms with Crippen LogP contribution in [0.15, 0.2) is 0 Å². The van der Waals surface area contributed by atoms with Crippen LogP contribution in [0.3, 0.4) is 0 Å². The predicted octanol–water partition coefficient (Wildman–Crippen LogP) is 4.02. The molecule has 2 heterocycles. The highest BCUT2D eigenvalue weighted by Gasteiger charge is 2.73. The van der Waals surface area contributed by atoms with Crippen LogP contribution in [0.25, 0.3) is 0 Å². The van der Waals surface area contributed by atoms with Gasteiger partial charge in [-0.3, -0.25) is 19.3 Å². The minimum Gasteiger partial charge on any atom is -0.464 e. The molecule has 2 rings (SSSR count). The molecule has 0 saturated carbocycles. The summed E-state index contributed by atoms with van der Waals surface area (Å²) in [6.45, 7) is 6.43. The molecule has 33 heavy (non-hydrogen) atoms. The average molecular weight is 472 g/mol. The summed E-state index contributed by atoms with van der Waals surface area (Å²) >= 11 is 0. The fourth-order valence-electron chi connectivity index (χ4n) is 4.63. The van der Waals surface area contributed by atoms with Crippen molar-refractivity contribution in [3.63, 3.8) is 0 Å². The highest BCUT2D eigenvalue weighted by molar-refractivity contribution is 5.84. The van der Waals surface area contributed by atoms with Crippen molar-refractivity contribution in [2.75, 3.05) is 13.2 Å². The van der Waals surface area contributed by atoms with Crippen molar-refractivity contribution in [1.29, 1.82) is 0 Å². The Hall–Kier alpha value is -1.71. The lowest BCUT2D eigenvalue weighted by atomic mass is 9.84. The van der Waals surface area contributed by atoms with Crippen LogP contribution in [0, 0.1) is 0 Å². The third kappa shape index (κ3) is 7.13. The molecule has 0 bridgehead atoms. The van der Waals surface area contributed by atoms with Gasteiger partial charge in [0.05, 0.1) is 6.61 Å². The van der Waals surface area contributed by atoms with E-state index >= 15 is 0 Å². The highest BCUT2D eigenvalue weighted by Crippen LogP contribution is 2.45. The van der Waals surface area contributed by atoms with Gasteiger partial charge in [-0.15, -0.1) is 0 Å². The maximum absolute atomic E-state index is 13.1. The predicted molar refractivity (Wildman–Crippen MR) is 120 cm³/mol. The lowest BCUT2D eigenvalue weighted by Crippen LogP contribution is -2.63. The van der Waals surface area contributed by atoms with Gasteiger partial charge in [0.25, 0.3) is 0 Å². The Balaban J connectivity index is 1.98. The van der Waals surface area contributed by atoms with Gasteiger partial charge in [-0.25, -0.2) is 4.79 Å². The van der Waals surface area contributed by atoms with Crippen LogP contribution in [0.5, 0.6) is 0 Å². The SMILES string of the molecule is CCCCCCCCCCCC[C@H]1ON2OC[C@H](OC(C)=O)[C@]2(C(=O)OCC)[C@@H]1OC(C)=O. The summed E-state index contributed by atoms with van der Waals surface area (Å²) in [7, 11) is 0. The molecule has 0 amide bonds. The van der Waals surface area contributed by atoms with E-state index in [4.69, 9.17) is 23.9 Å². The number of hydrogen-bond donors (Lipinski definition) is 0. The normalized spacial score (nSPS) is 26.7.